The van der Waals surface area contributed by atoms with Crippen LogP contribution in [0.1, 0.15) is 20.8 Å². The van der Waals surface area contributed by atoms with Gasteiger partial charge in [-0.3, -0.25) is 0 Å². The third kappa shape index (κ3) is 1.94. The first-order chi connectivity index (χ1) is 7.48. The van der Waals surface area contributed by atoms with E-state index in [1.807, 2.05) is 24.7 Å². The molecule has 0 saturated carbocycles. The van der Waals surface area contributed by atoms with Crippen molar-refractivity contribution in [3.63, 3.8) is 0 Å². The molecule has 1 aromatic carbocycles. The fraction of sp³-hybridized carbons (Fsp3) is 0.308. The van der Waals surface area contributed by atoms with Gasteiger partial charge in [0.2, 0.25) is 0 Å². The molecule has 0 unspecified atom stereocenters. The van der Waals surface area contributed by atoms with Crippen LogP contribution in [0.5, 0.6) is 5.75 Å². The highest BCUT2D eigenvalue weighted by molar-refractivity contribution is 5.61. The van der Waals surface area contributed by atoms with Crippen molar-refractivity contribution in [1.82, 2.24) is 9.55 Å². The summed E-state index contributed by atoms with van der Waals surface area (Å²) in [5, 5.41) is 9.48. The molecule has 84 valence electrons. The quantitative estimate of drug-likeness (QED) is 0.795. The summed E-state index contributed by atoms with van der Waals surface area (Å²) >= 11 is 0. The zero-order chi connectivity index (χ0) is 11.8. The van der Waals surface area contributed by atoms with Crippen molar-refractivity contribution in [1.29, 1.82) is 0 Å². The summed E-state index contributed by atoms with van der Waals surface area (Å²) in [5.41, 5.74) is 1.98. The predicted molar refractivity (Wildman–Crippen MR) is 64.3 cm³/mol. The Morgan fingerprint density at radius 2 is 2.00 bits per heavy atom. The second-order valence-electron chi connectivity index (χ2n) is 4.87. The van der Waals surface area contributed by atoms with E-state index in [9.17, 15) is 5.11 Å². The topological polar surface area (TPSA) is 38.0 Å². The fourth-order valence-electron chi connectivity index (χ4n) is 1.71. The Hall–Kier alpha value is -1.77. The van der Waals surface area contributed by atoms with Crippen LogP contribution in [-0.4, -0.2) is 14.7 Å². The van der Waals surface area contributed by atoms with Gasteiger partial charge in [0, 0.05) is 11.1 Å². The van der Waals surface area contributed by atoms with Crippen LogP contribution < -0.4 is 0 Å². The lowest BCUT2D eigenvalue weighted by molar-refractivity contribution is 0.400. The molecule has 0 fully saturated rings. The summed E-state index contributed by atoms with van der Waals surface area (Å²) in [7, 11) is 0. The van der Waals surface area contributed by atoms with Crippen molar-refractivity contribution in [2.75, 3.05) is 0 Å². The van der Waals surface area contributed by atoms with E-state index in [0.29, 0.717) is 0 Å². The van der Waals surface area contributed by atoms with Gasteiger partial charge in [0.15, 0.2) is 0 Å². The number of aromatic hydroxyl groups is 1. The van der Waals surface area contributed by atoms with Crippen LogP contribution in [-0.2, 0) is 5.54 Å². The van der Waals surface area contributed by atoms with E-state index < -0.39 is 0 Å². The third-order valence-corrected chi connectivity index (χ3v) is 2.50. The second-order valence-corrected chi connectivity index (χ2v) is 4.87. The minimum Gasteiger partial charge on any atom is -0.508 e. The summed E-state index contributed by atoms with van der Waals surface area (Å²) in [4.78, 5) is 4.18. The first-order valence-electron chi connectivity index (χ1n) is 5.31. The maximum Gasteiger partial charge on any atom is 0.116 e. The summed E-state index contributed by atoms with van der Waals surface area (Å²) in [6, 6.07) is 7.23. The average Bonchev–Trinajstić information content (AvgIpc) is 2.65. The smallest absolute Gasteiger partial charge is 0.116 e. The molecule has 0 radical (unpaired) electrons. The molecule has 3 nitrogen and oxygen atoms in total. The van der Waals surface area contributed by atoms with Crippen LogP contribution in [0.15, 0.2) is 36.8 Å². The van der Waals surface area contributed by atoms with E-state index >= 15 is 0 Å². The van der Waals surface area contributed by atoms with Crippen molar-refractivity contribution in [2.24, 2.45) is 0 Å². The van der Waals surface area contributed by atoms with Crippen molar-refractivity contribution in [3.05, 3.63) is 36.8 Å². The number of phenols is 1. The molecule has 0 aliphatic rings. The van der Waals surface area contributed by atoms with Crippen molar-refractivity contribution >= 4 is 0 Å². The van der Waals surface area contributed by atoms with E-state index in [0.717, 1.165) is 11.3 Å². The highest BCUT2D eigenvalue weighted by atomic mass is 16.3. The predicted octanol–water partition coefficient (Wildman–Crippen LogP) is 3.01. The lowest BCUT2D eigenvalue weighted by Crippen LogP contribution is -2.21. The van der Waals surface area contributed by atoms with Gasteiger partial charge in [-0.2, -0.15) is 0 Å². The Labute approximate surface area is 95.4 Å². The average molecular weight is 216 g/mol. The van der Waals surface area contributed by atoms with Gasteiger partial charge in [-0.15, -0.1) is 0 Å². The number of benzene rings is 1. The maximum absolute atomic E-state index is 9.48. The van der Waals surface area contributed by atoms with Gasteiger partial charge in [-0.1, -0.05) is 12.1 Å². The van der Waals surface area contributed by atoms with E-state index in [1.165, 1.54) is 0 Å². The monoisotopic (exact) mass is 216 g/mol. The summed E-state index contributed by atoms with van der Waals surface area (Å²) in [5.74, 6) is 0.277. The van der Waals surface area contributed by atoms with E-state index in [-0.39, 0.29) is 11.3 Å². The summed E-state index contributed by atoms with van der Waals surface area (Å²) in [6.45, 7) is 6.38. The van der Waals surface area contributed by atoms with Crippen molar-refractivity contribution < 1.29 is 5.11 Å². The van der Waals surface area contributed by atoms with Crippen LogP contribution in [0, 0.1) is 0 Å². The summed E-state index contributed by atoms with van der Waals surface area (Å²) < 4.78 is 2.10. The van der Waals surface area contributed by atoms with E-state index in [2.05, 4.69) is 30.3 Å². The molecule has 0 aliphatic carbocycles. The molecule has 1 heterocycles. The summed E-state index contributed by atoms with van der Waals surface area (Å²) in [6.07, 6.45) is 3.64. The van der Waals surface area contributed by atoms with Gasteiger partial charge in [0.25, 0.3) is 0 Å². The number of hydrogen-bond donors (Lipinski definition) is 1. The van der Waals surface area contributed by atoms with Gasteiger partial charge in [-0.05, 0) is 32.9 Å². The number of aromatic nitrogens is 2. The Morgan fingerprint density at radius 1 is 1.25 bits per heavy atom. The molecule has 1 N–H and O–H groups in total. The van der Waals surface area contributed by atoms with Crippen molar-refractivity contribution in [3.8, 4) is 17.0 Å². The number of phenolic OH excluding ortho intramolecular Hbond substituents is 1. The Morgan fingerprint density at radius 3 is 2.62 bits per heavy atom. The van der Waals surface area contributed by atoms with Crippen molar-refractivity contribution in [2.45, 2.75) is 26.3 Å². The lowest BCUT2D eigenvalue weighted by atomic mass is 10.1. The molecule has 0 bridgehead atoms. The molecule has 1 aromatic heterocycles. The van der Waals surface area contributed by atoms with Gasteiger partial charge >= 0.3 is 0 Å². The molecule has 2 rings (SSSR count). The first kappa shape index (κ1) is 10.7. The molecule has 0 spiro atoms. The highest BCUT2D eigenvalue weighted by Crippen LogP contribution is 2.27. The molecule has 16 heavy (non-hydrogen) atoms. The van der Waals surface area contributed by atoms with Gasteiger partial charge in [-0.25, -0.2) is 4.98 Å². The van der Waals surface area contributed by atoms with Crippen LogP contribution in [0.25, 0.3) is 11.3 Å². The number of rotatable bonds is 1. The molecule has 0 atom stereocenters. The van der Waals surface area contributed by atoms with E-state index in [1.54, 1.807) is 12.1 Å². The highest BCUT2D eigenvalue weighted by Gasteiger charge is 2.17. The molecule has 2 aromatic rings. The first-order valence-corrected chi connectivity index (χ1v) is 5.31. The zero-order valence-electron chi connectivity index (χ0n) is 9.81. The molecule has 0 amide bonds. The van der Waals surface area contributed by atoms with Gasteiger partial charge < -0.3 is 9.67 Å². The molecular formula is C13H16N2O. The molecule has 0 saturated heterocycles. The van der Waals surface area contributed by atoms with Gasteiger partial charge in [0.1, 0.15) is 5.75 Å². The minimum atomic E-state index is -0.0166. The third-order valence-electron chi connectivity index (χ3n) is 2.50. The number of hydrogen-bond acceptors (Lipinski definition) is 2. The molecular weight excluding hydrogens is 200 g/mol. The number of nitrogens with zero attached hydrogens (tertiary/aromatic N) is 2. The van der Waals surface area contributed by atoms with Crippen LogP contribution in [0.4, 0.5) is 0 Å². The Kier molecular flexibility index (Phi) is 2.46. The number of imidazole rings is 1. The molecule has 0 aliphatic heterocycles. The largest absolute Gasteiger partial charge is 0.508 e. The maximum atomic E-state index is 9.48. The minimum absolute atomic E-state index is 0.0166. The lowest BCUT2D eigenvalue weighted by Gasteiger charge is -2.23. The molecule has 3 heteroatoms. The fourth-order valence-corrected chi connectivity index (χ4v) is 1.71. The van der Waals surface area contributed by atoms with Gasteiger partial charge in [0.05, 0.1) is 18.2 Å². The van der Waals surface area contributed by atoms with Crippen LogP contribution >= 0.6 is 0 Å². The Bertz CT molecular complexity index is 495. The van der Waals surface area contributed by atoms with Crippen LogP contribution in [0.2, 0.25) is 0 Å². The van der Waals surface area contributed by atoms with Crippen LogP contribution in [0.3, 0.4) is 0 Å². The normalized spacial score (nSPS) is 11.7. The second kappa shape index (κ2) is 3.67. The zero-order valence-corrected chi connectivity index (χ0v) is 9.81. The SMILES string of the molecule is CC(C)(C)n1cncc1-c1cccc(O)c1. The standard InChI is InChI=1S/C13H16N2O/c1-13(2,3)15-9-14-8-12(15)10-5-4-6-11(16)7-10/h4-9,16H,1-3H3. The Balaban J connectivity index is 2.53. The van der Waals surface area contributed by atoms with E-state index in [4.69, 9.17) is 0 Å².